The number of carbonyl (C=O) groups is 1. The van der Waals surface area contributed by atoms with Crippen molar-refractivity contribution < 1.29 is 9.53 Å². The van der Waals surface area contributed by atoms with E-state index in [0.29, 0.717) is 18.7 Å². The number of piperidine rings is 1. The van der Waals surface area contributed by atoms with Gasteiger partial charge in [0.15, 0.2) is 0 Å². The predicted octanol–water partition coefficient (Wildman–Crippen LogP) is 1.59. The summed E-state index contributed by atoms with van der Waals surface area (Å²) >= 11 is 0. The topological polar surface area (TPSA) is 65.2 Å². The fourth-order valence-corrected chi connectivity index (χ4v) is 3.41. The average Bonchev–Trinajstić information content (AvgIpc) is 3.18. The van der Waals surface area contributed by atoms with E-state index in [0.717, 1.165) is 37.4 Å². The molecular formula is C17H25N5O2. The van der Waals surface area contributed by atoms with Crippen LogP contribution >= 0.6 is 0 Å². The zero-order valence-electron chi connectivity index (χ0n) is 14.6. The number of aromatic nitrogens is 4. The molecule has 2 aromatic heterocycles. The largest absolute Gasteiger partial charge is 0.383 e. The van der Waals surface area contributed by atoms with Gasteiger partial charge in [-0.15, -0.1) is 0 Å². The smallest absolute Gasteiger partial charge is 0.257 e. The zero-order valence-corrected chi connectivity index (χ0v) is 14.6. The number of nitrogens with zero attached hydrogens (tertiary/aromatic N) is 5. The predicted molar refractivity (Wildman–Crippen MR) is 89.9 cm³/mol. The lowest BCUT2D eigenvalue weighted by Gasteiger charge is -2.32. The van der Waals surface area contributed by atoms with Gasteiger partial charge < -0.3 is 14.2 Å². The Bertz CT molecular complexity index is 706. The van der Waals surface area contributed by atoms with Crippen molar-refractivity contribution in [3.63, 3.8) is 0 Å². The van der Waals surface area contributed by atoms with Crippen molar-refractivity contribution in [2.75, 3.05) is 26.8 Å². The van der Waals surface area contributed by atoms with Crippen molar-refractivity contribution in [1.82, 2.24) is 24.2 Å². The third kappa shape index (κ3) is 3.36. The van der Waals surface area contributed by atoms with Gasteiger partial charge in [-0.2, -0.15) is 5.10 Å². The Hall–Kier alpha value is -2.15. The van der Waals surface area contributed by atoms with Crippen LogP contribution in [0.5, 0.6) is 0 Å². The summed E-state index contributed by atoms with van der Waals surface area (Å²) in [5.41, 5.74) is 1.48. The van der Waals surface area contributed by atoms with Crippen LogP contribution in [0.15, 0.2) is 18.6 Å². The quantitative estimate of drug-likeness (QED) is 0.834. The van der Waals surface area contributed by atoms with E-state index < -0.39 is 0 Å². The van der Waals surface area contributed by atoms with E-state index in [-0.39, 0.29) is 11.8 Å². The number of rotatable bonds is 5. The molecule has 0 saturated carbocycles. The van der Waals surface area contributed by atoms with Crippen LogP contribution in [0.4, 0.5) is 0 Å². The van der Waals surface area contributed by atoms with Crippen molar-refractivity contribution in [2.45, 2.75) is 32.2 Å². The number of aryl methyl sites for hydroxylation is 2. The Balaban J connectivity index is 1.74. The molecule has 0 bridgehead atoms. The minimum Gasteiger partial charge on any atom is -0.383 e. The van der Waals surface area contributed by atoms with Crippen LogP contribution in [0.1, 0.15) is 40.6 Å². The Kier molecular flexibility index (Phi) is 4.99. The molecule has 7 heteroatoms. The molecule has 24 heavy (non-hydrogen) atoms. The summed E-state index contributed by atoms with van der Waals surface area (Å²) in [5, 5.41) is 4.28. The van der Waals surface area contributed by atoms with E-state index >= 15 is 0 Å². The molecule has 130 valence electrons. The van der Waals surface area contributed by atoms with Crippen molar-refractivity contribution in [2.24, 2.45) is 7.05 Å². The summed E-state index contributed by atoms with van der Waals surface area (Å²) in [6, 6.07) is 0. The fraction of sp³-hybridized carbons (Fsp3) is 0.588. The number of imidazole rings is 1. The molecule has 1 saturated heterocycles. The first-order valence-corrected chi connectivity index (χ1v) is 8.39. The lowest BCUT2D eigenvalue weighted by Crippen LogP contribution is -2.40. The summed E-state index contributed by atoms with van der Waals surface area (Å²) in [6.07, 6.45) is 7.67. The van der Waals surface area contributed by atoms with Crippen molar-refractivity contribution >= 4 is 5.91 Å². The third-order valence-corrected chi connectivity index (χ3v) is 4.60. The van der Waals surface area contributed by atoms with Crippen molar-refractivity contribution in [3.05, 3.63) is 35.7 Å². The molecule has 0 N–H and O–H groups in total. The maximum Gasteiger partial charge on any atom is 0.257 e. The second-order valence-electron chi connectivity index (χ2n) is 6.36. The van der Waals surface area contributed by atoms with Crippen LogP contribution in [-0.4, -0.2) is 56.9 Å². The monoisotopic (exact) mass is 331 g/mol. The van der Waals surface area contributed by atoms with Crippen LogP contribution in [0, 0.1) is 6.92 Å². The Morgan fingerprint density at radius 2 is 2.29 bits per heavy atom. The van der Waals surface area contributed by atoms with E-state index in [1.807, 2.05) is 31.3 Å². The summed E-state index contributed by atoms with van der Waals surface area (Å²) in [7, 11) is 3.54. The first-order chi connectivity index (χ1) is 11.6. The molecule has 3 heterocycles. The second-order valence-corrected chi connectivity index (χ2v) is 6.36. The van der Waals surface area contributed by atoms with Gasteiger partial charge in [0, 0.05) is 58.3 Å². The molecular weight excluding hydrogens is 306 g/mol. The maximum absolute atomic E-state index is 12.8. The highest BCUT2D eigenvalue weighted by atomic mass is 16.5. The fourth-order valence-electron chi connectivity index (χ4n) is 3.41. The van der Waals surface area contributed by atoms with Gasteiger partial charge in [0.1, 0.15) is 5.82 Å². The highest BCUT2D eigenvalue weighted by molar-refractivity contribution is 5.95. The average molecular weight is 331 g/mol. The molecule has 3 rings (SSSR count). The Labute approximate surface area is 142 Å². The molecule has 1 aliphatic heterocycles. The van der Waals surface area contributed by atoms with Crippen LogP contribution in [0.2, 0.25) is 0 Å². The van der Waals surface area contributed by atoms with Crippen LogP contribution in [0.25, 0.3) is 0 Å². The molecule has 2 aromatic rings. The Morgan fingerprint density at radius 1 is 1.46 bits per heavy atom. The van der Waals surface area contributed by atoms with Gasteiger partial charge in [0.2, 0.25) is 0 Å². The normalized spacial score (nSPS) is 18.1. The number of methoxy groups -OCH3 is 1. The first kappa shape index (κ1) is 16.7. The van der Waals surface area contributed by atoms with E-state index in [1.54, 1.807) is 18.0 Å². The maximum atomic E-state index is 12.8. The van der Waals surface area contributed by atoms with Gasteiger partial charge in [0.25, 0.3) is 5.91 Å². The summed E-state index contributed by atoms with van der Waals surface area (Å²) in [5.74, 6) is 1.39. The van der Waals surface area contributed by atoms with E-state index in [4.69, 9.17) is 4.74 Å². The second kappa shape index (κ2) is 7.17. The molecule has 0 radical (unpaired) electrons. The minimum atomic E-state index is 0.0697. The molecule has 0 spiro atoms. The molecule has 1 aliphatic rings. The molecule has 7 nitrogen and oxygen atoms in total. The van der Waals surface area contributed by atoms with Crippen molar-refractivity contribution in [3.8, 4) is 0 Å². The molecule has 0 aromatic carbocycles. The number of hydrogen-bond acceptors (Lipinski definition) is 4. The zero-order chi connectivity index (χ0) is 17.1. The van der Waals surface area contributed by atoms with E-state index in [2.05, 4.69) is 14.6 Å². The van der Waals surface area contributed by atoms with Gasteiger partial charge in [-0.05, 0) is 19.8 Å². The van der Waals surface area contributed by atoms with Crippen LogP contribution in [0.3, 0.4) is 0 Å². The molecule has 1 atom stereocenters. The number of hydrogen-bond donors (Lipinski definition) is 0. The van der Waals surface area contributed by atoms with Gasteiger partial charge >= 0.3 is 0 Å². The number of likely N-dealkylation sites (tertiary alicyclic amines) is 1. The molecule has 1 amide bonds. The van der Waals surface area contributed by atoms with E-state index in [1.165, 1.54) is 0 Å². The molecule has 0 aliphatic carbocycles. The van der Waals surface area contributed by atoms with E-state index in [9.17, 15) is 4.79 Å². The molecule has 1 unspecified atom stereocenters. The summed E-state index contributed by atoms with van der Waals surface area (Å²) in [4.78, 5) is 19.3. The summed E-state index contributed by atoms with van der Waals surface area (Å²) < 4.78 is 9.00. The lowest BCUT2D eigenvalue weighted by molar-refractivity contribution is 0.0701. The summed E-state index contributed by atoms with van der Waals surface area (Å²) in [6.45, 7) is 4.83. The number of ether oxygens (including phenoxy) is 1. The van der Waals surface area contributed by atoms with Crippen LogP contribution < -0.4 is 0 Å². The van der Waals surface area contributed by atoms with Gasteiger partial charge in [-0.25, -0.2) is 4.98 Å². The highest BCUT2D eigenvalue weighted by Crippen LogP contribution is 2.27. The Morgan fingerprint density at radius 3 is 3.00 bits per heavy atom. The number of amides is 1. The lowest BCUT2D eigenvalue weighted by atomic mass is 9.96. The van der Waals surface area contributed by atoms with Gasteiger partial charge in [0.05, 0.1) is 17.9 Å². The first-order valence-electron chi connectivity index (χ1n) is 8.39. The third-order valence-electron chi connectivity index (χ3n) is 4.60. The minimum absolute atomic E-state index is 0.0697. The number of carbonyl (C=O) groups excluding carboxylic acids is 1. The van der Waals surface area contributed by atoms with Gasteiger partial charge in [-0.3, -0.25) is 9.48 Å². The SMILES string of the molecule is COCCn1ccnc1C1CCCN(C(=O)c2cn(C)nc2C)C1. The van der Waals surface area contributed by atoms with Crippen LogP contribution in [-0.2, 0) is 18.3 Å². The van der Waals surface area contributed by atoms with Gasteiger partial charge in [-0.1, -0.05) is 0 Å². The highest BCUT2D eigenvalue weighted by Gasteiger charge is 2.29. The molecule has 1 fully saturated rings. The van der Waals surface area contributed by atoms with Crippen molar-refractivity contribution in [1.29, 1.82) is 0 Å². The standard InChI is InChI=1S/C17H25N5O2/c1-13-15(12-20(2)19-13)17(23)22-7-4-5-14(11-22)16-18-6-8-21(16)9-10-24-3/h6,8,12,14H,4-5,7,9-11H2,1-3H3.